The molecule has 2 aromatic rings. The number of aromatic amines is 1. The number of H-pyrrole nitrogens is 1. The SMILES string of the molecule is COCC(c1ccc(F)c(F)c1)n1c(C(=O)OC)c(C(=O)O)[nH]c1=S. The minimum atomic E-state index is -1.42. The van der Waals surface area contributed by atoms with Crippen molar-refractivity contribution in [3.05, 3.63) is 51.6 Å². The van der Waals surface area contributed by atoms with Gasteiger partial charge in [-0.2, -0.15) is 0 Å². The van der Waals surface area contributed by atoms with Crippen LogP contribution >= 0.6 is 12.2 Å². The summed E-state index contributed by atoms with van der Waals surface area (Å²) in [5.74, 6) is -4.52. The number of carbonyl (C=O) groups is 2. The summed E-state index contributed by atoms with van der Waals surface area (Å²) in [6.07, 6.45) is 0. The van der Waals surface area contributed by atoms with Crippen molar-refractivity contribution >= 4 is 24.2 Å². The monoisotopic (exact) mass is 372 g/mol. The van der Waals surface area contributed by atoms with Crippen LogP contribution in [-0.2, 0) is 9.47 Å². The lowest BCUT2D eigenvalue weighted by atomic mass is 10.1. The fourth-order valence-corrected chi connectivity index (χ4v) is 2.72. The number of aromatic nitrogens is 2. The van der Waals surface area contributed by atoms with Crippen molar-refractivity contribution in [3.63, 3.8) is 0 Å². The Kier molecular flexibility index (Phi) is 5.65. The van der Waals surface area contributed by atoms with Crippen LogP contribution in [0.25, 0.3) is 0 Å². The van der Waals surface area contributed by atoms with E-state index in [0.29, 0.717) is 0 Å². The highest BCUT2D eigenvalue weighted by molar-refractivity contribution is 7.71. The number of halogens is 2. The number of esters is 1. The fourth-order valence-electron chi connectivity index (χ4n) is 2.39. The van der Waals surface area contributed by atoms with E-state index >= 15 is 0 Å². The number of imidazole rings is 1. The maximum absolute atomic E-state index is 13.6. The van der Waals surface area contributed by atoms with Gasteiger partial charge in [-0.15, -0.1) is 0 Å². The lowest BCUT2D eigenvalue weighted by molar-refractivity contribution is 0.0564. The maximum atomic E-state index is 13.6. The molecule has 7 nitrogen and oxygen atoms in total. The molecule has 0 aliphatic heterocycles. The standard InChI is InChI=1S/C15H14F2N2O5S/c1-23-6-10(7-3-4-8(16)9(17)5-7)19-12(14(22)24-2)11(13(20)21)18-15(19)25/h3-5,10H,6H2,1-2H3,(H,18,25)(H,20,21). The number of carbonyl (C=O) groups excluding carboxylic acids is 1. The Labute approximate surface area is 145 Å². The molecule has 10 heteroatoms. The first-order valence-electron chi connectivity index (χ1n) is 6.91. The van der Waals surface area contributed by atoms with Gasteiger partial charge in [0.2, 0.25) is 0 Å². The van der Waals surface area contributed by atoms with E-state index in [-0.39, 0.29) is 22.6 Å². The van der Waals surface area contributed by atoms with Crippen molar-refractivity contribution in [3.8, 4) is 0 Å². The Morgan fingerprint density at radius 3 is 2.52 bits per heavy atom. The molecule has 1 aromatic carbocycles. The number of methoxy groups -OCH3 is 2. The molecule has 0 fully saturated rings. The van der Waals surface area contributed by atoms with Gasteiger partial charge in [-0.25, -0.2) is 18.4 Å². The van der Waals surface area contributed by atoms with Crippen LogP contribution in [0.5, 0.6) is 0 Å². The Morgan fingerprint density at radius 1 is 1.32 bits per heavy atom. The number of carboxylic acids is 1. The van der Waals surface area contributed by atoms with E-state index in [1.807, 2.05) is 0 Å². The van der Waals surface area contributed by atoms with Gasteiger partial charge < -0.3 is 24.1 Å². The lowest BCUT2D eigenvalue weighted by Gasteiger charge is -2.20. The minimum Gasteiger partial charge on any atom is -0.477 e. The Hall–Kier alpha value is -2.59. The van der Waals surface area contributed by atoms with Crippen LogP contribution in [0.15, 0.2) is 18.2 Å². The van der Waals surface area contributed by atoms with E-state index < -0.39 is 35.3 Å². The van der Waals surface area contributed by atoms with Crippen LogP contribution in [0.3, 0.4) is 0 Å². The number of hydrogen-bond donors (Lipinski definition) is 2. The molecule has 0 spiro atoms. The van der Waals surface area contributed by atoms with E-state index in [9.17, 15) is 23.5 Å². The predicted octanol–water partition coefficient (Wildman–Crippen LogP) is 2.54. The molecule has 1 unspecified atom stereocenters. The second kappa shape index (κ2) is 7.53. The fraction of sp³-hybridized carbons (Fsp3) is 0.267. The van der Waals surface area contributed by atoms with Crippen LogP contribution in [0, 0.1) is 16.4 Å². The van der Waals surface area contributed by atoms with Crippen molar-refractivity contribution in [1.82, 2.24) is 9.55 Å². The van der Waals surface area contributed by atoms with Gasteiger partial charge in [-0.3, -0.25) is 0 Å². The normalized spacial score (nSPS) is 12.0. The third-order valence-electron chi connectivity index (χ3n) is 3.49. The molecular weight excluding hydrogens is 358 g/mol. The average Bonchev–Trinajstić information content (AvgIpc) is 2.92. The smallest absolute Gasteiger partial charge is 0.357 e. The molecule has 0 radical (unpaired) electrons. The van der Waals surface area contributed by atoms with Gasteiger partial charge in [0.25, 0.3) is 0 Å². The third kappa shape index (κ3) is 3.59. The summed E-state index contributed by atoms with van der Waals surface area (Å²) in [6.45, 7) is -0.0830. The summed E-state index contributed by atoms with van der Waals surface area (Å²) in [7, 11) is 2.44. The molecule has 0 aliphatic rings. The van der Waals surface area contributed by atoms with Gasteiger partial charge in [-0.05, 0) is 29.9 Å². The molecule has 0 amide bonds. The summed E-state index contributed by atoms with van der Waals surface area (Å²) < 4.78 is 37.6. The first kappa shape index (κ1) is 18.7. The molecule has 134 valence electrons. The van der Waals surface area contributed by atoms with Gasteiger partial charge in [0.1, 0.15) is 0 Å². The summed E-state index contributed by atoms with van der Waals surface area (Å²) in [5.41, 5.74) is -0.592. The summed E-state index contributed by atoms with van der Waals surface area (Å²) in [5, 5.41) is 9.27. The molecule has 1 atom stereocenters. The van der Waals surface area contributed by atoms with Gasteiger partial charge in [-0.1, -0.05) is 6.07 Å². The Bertz CT molecular complexity index is 877. The van der Waals surface area contributed by atoms with Crippen molar-refractivity contribution < 1.29 is 33.0 Å². The molecule has 1 aromatic heterocycles. The zero-order valence-electron chi connectivity index (χ0n) is 13.2. The number of nitrogens with one attached hydrogen (secondary N) is 1. The summed E-state index contributed by atoms with van der Waals surface area (Å²) in [6, 6.07) is 2.25. The molecule has 2 N–H and O–H groups in total. The zero-order valence-corrected chi connectivity index (χ0v) is 14.0. The van der Waals surface area contributed by atoms with Gasteiger partial charge in [0.15, 0.2) is 27.8 Å². The van der Waals surface area contributed by atoms with E-state index in [1.54, 1.807) is 0 Å². The van der Waals surface area contributed by atoms with Crippen molar-refractivity contribution in [2.75, 3.05) is 20.8 Å². The molecule has 0 saturated carbocycles. The molecule has 0 bridgehead atoms. The molecule has 1 heterocycles. The molecule has 2 rings (SSSR count). The number of hydrogen-bond acceptors (Lipinski definition) is 5. The number of benzene rings is 1. The van der Waals surface area contributed by atoms with Crippen LogP contribution in [0.4, 0.5) is 8.78 Å². The third-order valence-corrected chi connectivity index (χ3v) is 3.78. The minimum absolute atomic E-state index is 0.0830. The van der Waals surface area contributed by atoms with Gasteiger partial charge >= 0.3 is 11.9 Å². The maximum Gasteiger partial charge on any atom is 0.357 e. The Morgan fingerprint density at radius 2 is 2.00 bits per heavy atom. The van der Waals surface area contributed by atoms with Crippen LogP contribution in [0.1, 0.15) is 32.6 Å². The van der Waals surface area contributed by atoms with E-state index in [2.05, 4.69) is 9.72 Å². The van der Waals surface area contributed by atoms with Crippen LogP contribution in [-0.4, -0.2) is 47.4 Å². The van der Waals surface area contributed by atoms with Crippen molar-refractivity contribution in [1.29, 1.82) is 0 Å². The van der Waals surface area contributed by atoms with E-state index in [4.69, 9.17) is 17.0 Å². The number of aromatic carboxylic acids is 1. The molecule has 0 aliphatic carbocycles. The second-order valence-electron chi connectivity index (χ2n) is 4.97. The van der Waals surface area contributed by atoms with E-state index in [0.717, 1.165) is 23.8 Å². The van der Waals surface area contributed by atoms with Crippen LogP contribution < -0.4 is 0 Å². The van der Waals surface area contributed by atoms with Crippen molar-refractivity contribution in [2.45, 2.75) is 6.04 Å². The average molecular weight is 372 g/mol. The highest BCUT2D eigenvalue weighted by atomic mass is 32.1. The molecule has 0 saturated heterocycles. The zero-order chi connectivity index (χ0) is 18.7. The first-order valence-corrected chi connectivity index (χ1v) is 7.32. The lowest BCUT2D eigenvalue weighted by Crippen LogP contribution is -2.23. The Balaban J connectivity index is 2.73. The van der Waals surface area contributed by atoms with E-state index in [1.165, 1.54) is 13.2 Å². The first-order chi connectivity index (χ1) is 11.8. The van der Waals surface area contributed by atoms with Gasteiger partial charge in [0.05, 0.1) is 19.8 Å². The number of ether oxygens (including phenoxy) is 2. The molecular formula is C15H14F2N2O5S. The quantitative estimate of drug-likeness (QED) is 0.598. The highest BCUT2D eigenvalue weighted by Gasteiger charge is 2.29. The molecule has 25 heavy (non-hydrogen) atoms. The highest BCUT2D eigenvalue weighted by Crippen LogP contribution is 2.25. The number of carboxylic acid groups (broad SMARTS) is 1. The predicted molar refractivity (Wildman–Crippen MR) is 84.3 cm³/mol. The van der Waals surface area contributed by atoms with Gasteiger partial charge in [0, 0.05) is 7.11 Å². The topological polar surface area (TPSA) is 93.6 Å². The summed E-state index contributed by atoms with van der Waals surface area (Å²) >= 11 is 5.11. The van der Waals surface area contributed by atoms with Crippen LogP contribution in [0.2, 0.25) is 0 Å². The summed E-state index contributed by atoms with van der Waals surface area (Å²) in [4.78, 5) is 25.9. The number of rotatable bonds is 6. The van der Waals surface area contributed by atoms with Crippen molar-refractivity contribution in [2.24, 2.45) is 0 Å². The number of nitrogens with zero attached hydrogens (tertiary/aromatic N) is 1. The largest absolute Gasteiger partial charge is 0.477 e. The second-order valence-corrected chi connectivity index (χ2v) is 5.35.